The number of Topliss-reactive ketones (excluding diaryl/α,β-unsaturated/α-hetero) is 3. The van der Waals surface area contributed by atoms with Crippen molar-refractivity contribution >= 4 is 29.4 Å². The van der Waals surface area contributed by atoms with Crippen molar-refractivity contribution < 1.29 is 24.3 Å². The van der Waals surface area contributed by atoms with Gasteiger partial charge in [-0.15, -0.1) is 0 Å². The minimum absolute atomic E-state index is 0.0143. The molecule has 180 valence electrons. The highest BCUT2D eigenvalue weighted by Crippen LogP contribution is 2.64. The Morgan fingerprint density at radius 1 is 0.941 bits per heavy atom. The monoisotopic (exact) mass is 462 g/mol. The van der Waals surface area contributed by atoms with E-state index in [-0.39, 0.29) is 24.8 Å². The minimum Gasteiger partial charge on any atom is -0.506 e. The lowest BCUT2D eigenvalue weighted by Crippen LogP contribution is -2.69. The van der Waals surface area contributed by atoms with Crippen molar-refractivity contribution in [3.63, 3.8) is 0 Å². The Morgan fingerprint density at radius 3 is 2.03 bits per heavy atom. The van der Waals surface area contributed by atoms with Gasteiger partial charge in [-0.2, -0.15) is 0 Å². The largest absolute Gasteiger partial charge is 0.506 e. The van der Waals surface area contributed by atoms with Crippen molar-refractivity contribution in [1.82, 2.24) is 0 Å². The van der Waals surface area contributed by atoms with Crippen LogP contribution in [-0.2, 0) is 19.2 Å². The number of allylic oxidation sites excluding steroid dienone is 5. The Morgan fingerprint density at radius 2 is 1.50 bits per heavy atom. The van der Waals surface area contributed by atoms with Gasteiger partial charge in [0, 0.05) is 11.5 Å². The zero-order chi connectivity index (χ0) is 25.5. The molecule has 0 aliphatic heterocycles. The highest BCUT2D eigenvalue weighted by molar-refractivity contribution is 6.41. The van der Waals surface area contributed by atoms with Crippen LogP contribution in [0.4, 0.5) is 0 Å². The first kappa shape index (κ1) is 25.5. The van der Waals surface area contributed by atoms with Crippen LogP contribution in [0, 0.1) is 22.2 Å². The van der Waals surface area contributed by atoms with Crippen LogP contribution in [0.5, 0.6) is 0 Å². The Hall–Kier alpha value is -3.08. The fourth-order valence-electron chi connectivity index (χ4n) is 5.51. The van der Waals surface area contributed by atoms with Gasteiger partial charge in [0.05, 0.1) is 5.41 Å². The molecule has 1 N–H and O–H groups in total. The molecule has 2 bridgehead atoms. The number of carbonyl (C=O) groups excluding carboxylic acids is 4. The molecule has 2 saturated carbocycles. The van der Waals surface area contributed by atoms with E-state index in [9.17, 15) is 24.3 Å². The lowest BCUT2D eigenvalue weighted by molar-refractivity contribution is -0.175. The van der Waals surface area contributed by atoms with Crippen LogP contribution in [-0.4, -0.2) is 28.7 Å². The van der Waals surface area contributed by atoms with Crippen molar-refractivity contribution in [3.8, 4) is 0 Å². The quantitative estimate of drug-likeness (QED) is 0.148. The topological polar surface area (TPSA) is 88.5 Å². The van der Waals surface area contributed by atoms with Crippen molar-refractivity contribution in [2.75, 3.05) is 0 Å². The molecule has 5 heteroatoms. The van der Waals surface area contributed by atoms with Crippen LogP contribution >= 0.6 is 0 Å². The molecule has 34 heavy (non-hydrogen) atoms. The highest BCUT2D eigenvalue weighted by Gasteiger charge is 2.73. The standard InChI is InChI=1S/C29H34O5/c1-18(2)12-14-28-16-21(17-30)27(5,6)29(26(28)34,15-13-19(3)4)25(33)22(24(28)32)23(31)20-10-8-7-9-11-20/h7-13,17,21,31H,14-16H2,1-6H3/b23-22-/t21-,28-,29+/m0/s1. The number of aldehydes is 1. The lowest BCUT2D eigenvalue weighted by atomic mass is 9.39. The summed E-state index contributed by atoms with van der Waals surface area (Å²) in [5, 5.41) is 11.2. The normalized spacial score (nSPS) is 29.4. The first-order chi connectivity index (χ1) is 15.9. The number of hydrogen-bond donors (Lipinski definition) is 1. The molecule has 1 aromatic rings. The van der Waals surface area contributed by atoms with E-state index in [0.717, 1.165) is 17.4 Å². The van der Waals surface area contributed by atoms with Gasteiger partial charge < -0.3 is 9.90 Å². The Bertz CT molecular complexity index is 1130. The molecular weight excluding hydrogens is 428 g/mol. The van der Waals surface area contributed by atoms with E-state index in [4.69, 9.17) is 0 Å². The zero-order valence-corrected chi connectivity index (χ0v) is 20.9. The van der Waals surface area contributed by atoms with Gasteiger partial charge in [0.25, 0.3) is 0 Å². The van der Waals surface area contributed by atoms with Gasteiger partial charge in [-0.3, -0.25) is 14.4 Å². The van der Waals surface area contributed by atoms with Crippen LogP contribution in [0.3, 0.4) is 0 Å². The minimum atomic E-state index is -1.64. The lowest BCUT2D eigenvalue weighted by Gasteiger charge is -2.59. The Labute approximate surface area is 201 Å². The number of aliphatic hydroxyl groups is 1. The fourth-order valence-corrected chi connectivity index (χ4v) is 5.51. The SMILES string of the molecule is CC(C)=CC[C@]12C[C@@H](C=O)C(C)(C)[C@](CC=C(C)C)(C(=O)/C(=C(\O)c3ccccc3)C1=O)C2=O. The average Bonchev–Trinajstić information content (AvgIpc) is 2.78. The molecule has 0 heterocycles. The second-order valence-electron chi connectivity index (χ2n) is 10.7. The smallest absolute Gasteiger partial charge is 0.184 e. The van der Waals surface area contributed by atoms with Gasteiger partial charge in [-0.25, -0.2) is 0 Å². The predicted octanol–water partition coefficient (Wildman–Crippen LogP) is 5.61. The molecule has 0 amide bonds. The molecule has 5 nitrogen and oxygen atoms in total. The van der Waals surface area contributed by atoms with Crippen LogP contribution in [0.1, 0.15) is 66.4 Å². The highest BCUT2D eigenvalue weighted by atomic mass is 16.3. The average molecular weight is 463 g/mol. The van der Waals surface area contributed by atoms with Crippen molar-refractivity contribution in [2.45, 2.75) is 60.8 Å². The van der Waals surface area contributed by atoms with Crippen molar-refractivity contribution in [3.05, 3.63) is 64.8 Å². The molecule has 0 saturated heterocycles. The number of fused-ring (bicyclic) bond motifs is 2. The third-order valence-electron chi connectivity index (χ3n) is 7.82. The second-order valence-corrected chi connectivity index (χ2v) is 10.7. The van der Waals surface area contributed by atoms with Crippen molar-refractivity contribution in [2.24, 2.45) is 22.2 Å². The van der Waals surface area contributed by atoms with Gasteiger partial charge >= 0.3 is 0 Å². The summed E-state index contributed by atoms with van der Waals surface area (Å²) in [5.74, 6) is -2.89. The molecule has 2 aliphatic carbocycles. The zero-order valence-electron chi connectivity index (χ0n) is 20.9. The Balaban J connectivity index is 2.44. The summed E-state index contributed by atoms with van der Waals surface area (Å²) in [6, 6.07) is 8.44. The maximum atomic E-state index is 14.4. The first-order valence-electron chi connectivity index (χ1n) is 11.7. The summed E-state index contributed by atoms with van der Waals surface area (Å²) < 4.78 is 0. The van der Waals surface area contributed by atoms with Crippen LogP contribution in [0.2, 0.25) is 0 Å². The van der Waals surface area contributed by atoms with E-state index >= 15 is 0 Å². The number of aliphatic hydroxyl groups excluding tert-OH is 1. The summed E-state index contributed by atoms with van der Waals surface area (Å²) >= 11 is 0. The van der Waals surface area contributed by atoms with E-state index in [2.05, 4.69) is 0 Å². The summed E-state index contributed by atoms with van der Waals surface area (Å²) in [7, 11) is 0. The summed E-state index contributed by atoms with van der Waals surface area (Å²) in [5.41, 5.74) is -2.42. The predicted molar refractivity (Wildman–Crippen MR) is 132 cm³/mol. The van der Waals surface area contributed by atoms with Gasteiger partial charge in [-0.05, 0) is 52.4 Å². The van der Waals surface area contributed by atoms with E-state index in [1.807, 2.05) is 39.8 Å². The molecule has 3 atom stereocenters. The number of ketones is 3. The maximum Gasteiger partial charge on any atom is 0.184 e. The molecule has 0 radical (unpaired) electrons. The fraction of sp³-hybridized carbons (Fsp3) is 0.448. The molecule has 0 unspecified atom stereocenters. The molecule has 2 fully saturated rings. The molecular formula is C29H34O5. The van der Waals surface area contributed by atoms with Crippen LogP contribution in [0.15, 0.2) is 59.2 Å². The van der Waals surface area contributed by atoms with E-state index in [1.165, 1.54) is 0 Å². The number of hydrogen-bond acceptors (Lipinski definition) is 5. The molecule has 2 aliphatic rings. The molecule has 1 aromatic carbocycles. The number of benzene rings is 1. The van der Waals surface area contributed by atoms with Gasteiger partial charge in [0.2, 0.25) is 0 Å². The van der Waals surface area contributed by atoms with E-state index < -0.39 is 45.3 Å². The third kappa shape index (κ3) is 3.62. The summed E-state index contributed by atoms with van der Waals surface area (Å²) in [6.45, 7) is 11.0. The maximum absolute atomic E-state index is 14.4. The van der Waals surface area contributed by atoms with Gasteiger partial charge in [0.1, 0.15) is 23.0 Å². The number of carbonyl (C=O) groups is 4. The van der Waals surface area contributed by atoms with Gasteiger partial charge in [0.15, 0.2) is 17.3 Å². The Kier molecular flexibility index (Phi) is 6.71. The molecule has 3 rings (SSSR count). The third-order valence-corrected chi connectivity index (χ3v) is 7.82. The first-order valence-corrected chi connectivity index (χ1v) is 11.7. The van der Waals surface area contributed by atoms with Crippen LogP contribution in [0.25, 0.3) is 5.76 Å². The number of rotatable bonds is 6. The summed E-state index contributed by atoms with van der Waals surface area (Å²) in [6.07, 6.45) is 4.59. The second kappa shape index (κ2) is 8.94. The van der Waals surface area contributed by atoms with Gasteiger partial charge in [-0.1, -0.05) is 67.5 Å². The van der Waals surface area contributed by atoms with E-state index in [0.29, 0.717) is 5.56 Å². The van der Waals surface area contributed by atoms with E-state index in [1.54, 1.807) is 44.2 Å². The van der Waals surface area contributed by atoms with Crippen LogP contribution < -0.4 is 0 Å². The molecule has 0 aromatic heterocycles. The van der Waals surface area contributed by atoms with Crippen molar-refractivity contribution in [1.29, 1.82) is 0 Å². The summed E-state index contributed by atoms with van der Waals surface area (Å²) in [4.78, 5) is 54.9. The molecule has 0 spiro atoms.